The minimum Gasteiger partial charge on any atom is -0.476 e. The second-order valence-corrected chi connectivity index (χ2v) is 3.59. The lowest BCUT2D eigenvalue weighted by atomic mass is 10.1. The molecule has 17 heavy (non-hydrogen) atoms. The minimum atomic E-state index is -1.20. The molecule has 0 saturated heterocycles. The van der Waals surface area contributed by atoms with E-state index in [1.54, 1.807) is 0 Å². The van der Waals surface area contributed by atoms with Gasteiger partial charge in [-0.1, -0.05) is 11.6 Å². The number of carbonyl (C=O) groups is 1. The molecule has 0 unspecified atom stereocenters. The molecule has 4 nitrogen and oxygen atoms in total. The van der Waals surface area contributed by atoms with Crippen LogP contribution in [0.2, 0.25) is 5.02 Å². The van der Waals surface area contributed by atoms with E-state index in [4.69, 9.17) is 16.7 Å². The zero-order chi connectivity index (χ0) is 12.4. The standard InChI is InChI=1S/C11H6ClFN2O2/c12-7-5-6(1-2-8(7)13)9-10(11(16)17)15-4-3-14-9/h1-5H,(H,16,17). The maximum Gasteiger partial charge on any atom is 0.356 e. The number of hydrogen-bond donors (Lipinski definition) is 1. The quantitative estimate of drug-likeness (QED) is 0.892. The highest BCUT2D eigenvalue weighted by Crippen LogP contribution is 2.24. The van der Waals surface area contributed by atoms with E-state index in [0.29, 0.717) is 5.56 Å². The first-order chi connectivity index (χ1) is 8.09. The number of benzene rings is 1. The van der Waals surface area contributed by atoms with Crippen LogP contribution in [-0.4, -0.2) is 21.0 Å². The second-order valence-electron chi connectivity index (χ2n) is 3.19. The first-order valence-corrected chi connectivity index (χ1v) is 4.97. The molecule has 1 aromatic carbocycles. The molecule has 0 saturated carbocycles. The van der Waals surface area contributed by atoms with Crippen LogP contribution in [0, 0.1) is 5.82 Å². The first-order valence-electron chi connectivity index (χ1n) is 4.59. The highest BCUT2D eigenvalue weighted by molar-refractivity contribution is 6.31. The second kappa shape index (κ2) is 4.47. The van der Waals surface area contributed by atoms with Gasteiger partial charge in [-0.15, -0.1) is 0 Å². The van der Waals surface area contributed by atoms with Crippen LogP contribution < -0.4 is 0 Å². The van der Waals surface area contributed by atoms with Crippen LogP contribution in [0.5, 0.6) is 0 Å². The van der Waals surface area contributed by atoms with Crippen molar-refractivity contribution in [2.45, 2.75) is 0 Å². The van der Waals surface area contributed by atoms with Gasteiger partial charge in [-0.25, -0.2) is 14.2 Å². The van der Waals surface area contributed by atoms with Gasteiger partial charge in [0.1, 0.15) is 11.5 Å². The van der Waals surface area contributed by atoms with Gasteiger partial charge in [-0.3, -0.25) is 4.98 Å². The molecular formula is C11H6ClFN2O2. The van der Waals surface area contributed by atoms with Crippen LogP contribution in [0.1, 0.15) is 10.5 Å². The summed E-state index contributed by atoms with van der Waals surface area (Å²) in [5.41, 5.74) is 0.360. The van der Waals surface area contributed by atoms with Crippen LogP contribution >= 0.6 is 11.6 Å². The SMILES string of the molecule is O=C(O)c1nccnc1-c1ccc(F)c(Cl)c1. The monoisotopic (exact) mass is 252 g/mol. The zero-order valence-corrected chi connectivity index (χ0v) is 9.15. The molecule has 0 aliphatic carbocycles. The summed E-state index contributed by atoms with van der Waals surface area (Å²) in [5, 5.41) is 8.85. The van der Waals surface area contributed by atoms with Gasteiger partial charge in [-0.05, 0) is 18.2 Å². The van der Waals surface area contributed by atoms with E-state index in [9.17, 15) is 9.18 Å². The Morgan fingerprint density at radius 3 is 2.65 bits per heavy atom. The predicted octanol–water partition coefficient (Wildman–Crippen LogP) is 2.63. The van der Waals surface area contributed by atoms with Crippen molar-refractivity contribution < 1.29 is 14.3 Å². The lowest BCUT2D eigenvalue weighted by molar-refractivity contribution is 0.0691. The Morgan fingerprint density at radius 1 is 1.29 bits per heavy atom. The molecule has 0 amide bonds. The summed E-state index contributed by atoms with van der Waals surface area (Å²) in [7, 11) is 0. The van der Waals surface area contributed by atoms with Crippen molar-refractivity contribution in [1.29, 1.82) is 0 Å². The number of rotatable bonds is 2. The van der Waals surface area contributed by atoms with Gasteiger partial charge in [0.15, 0.2) is 5.69 Å². The molecule has 0 radical (unpaired) electrons. The molecule has 1 aromatic heterocycles. The van der Waals surface area contributed by atoms with Crippen molar-refractivity contribution in [2.75, 3.05) is 0 Å². The molecule has 0 aliphatic rings. The smallest absolute Gasteiger partial charge is 0.356 e. The summed E-state index contributed by atoms with van der Waals surface area (Å²) < 4.78 is 13.0. The van der Waals surface area contributed by atoms with Gasteiger partial charge >= 0.3 is 5.97 Å². The maximum atomic E-state index is 13.0. The number of aromatic nitrogens is 2. The summed E-state index contributed by atoms with van der Waals surface area (Å²) in [6.07, 6.45) is 2.64. The largest absolute Gasteiger partial charge is 0.476 e. The molecule has 0 atom stereocenters. The van der Waals surface area contributed by atoms with Gasteiger partial charge in [0.2, 0.25) is 0 Å². The summed E-state index contributed by atoms with van der Waals surface area (Å²) in [5.74, 6) is -1.77. The van der Waals surface area contributed by atoms with E-state index < -0.39 is 11.8 Å². The van der Waals surface area contributed by atoms with Gasteiger partial charge in [0.05, 0.1) is 5.02 Å². The topological polar surface area (TPSA) is 63.1 Å². The Kier molecular flexibility index (Phi) is 3.01. The zero-order valence-electron chi connectivity index (χ0n) is 8.39. The maximum absolute atomic E-state index is 13.0. The fourth-order valence-corrected chi connectivity index (χ4v) is 1.53. The molecule has 2 rings (SSSR count). The molecule has 86 valence electrons. The molecule has 1 heterocycles. The number of halogens is 2. The van der Waals surface area contributed by atoms with Crippen molar-refractivity contribution in [3.05, 3.63) is 47.1 Å². The molecule has 0 bridgehead atoms. The van der Waals surface area contributed by atoms with Crippen LogP contribution in [0.15, 0.2) is 30.6 Å². The summed E-state index contributed by atoms with van der Waals surface area (Å²) in [4.78, 5) is 18.6. The van der Waals surface area contributed by atoms with Crippen molar-refractivity contribution >= 4 is 17.6 Å². The van der Waals surface area contributed by atoms with Crippen LogP contribution in [0.25, 0.3) is 11.3 Å². The Balaban J connectivity index is 2.60. The van der Waals surface area contributed by atoms with E-state index in [1.165, 1.54) is 24.5 Å². The summed E-state index contributed by atoms with van der Waals surface area (Å²) in [6.45, 7) is 0. The van der Waals surface area contributed by atoms with Crippen molar-refractivity contribution in [2.24, 2.45) is 0 Å². The lowest BCUT2D eigenvalue weighted by Gasteiger charge is -2.04. The van der Waals surface area contributed by atoms with Crippen LogP contribution in [0.4, 0.5) is 4.39 Å². The fraction of sp³-hybridized carbons (Fsp3) is 0. The average Bonchev–Trinajstić information content (AvgIpc) is 2.32. The summed E-state index contributed by atoms with van der Waals surface area (Å²) >= 11 is 5.63. The lowest BCUT2D eigenvalue weighted by Crippen LogP contribution is -2.04. The number of carboxylic acid groups (broad SMARTS) is 1. The fourth-order valence-electron chi connectivity index (χ4n) is 1.35. The summed E-state index contributed by atoms with van der Waals surface area (Å²) in [6, 6.07) is 3.86. The number of hydrogen-bond acceptors (Lipinski definition) is 3. The Labute approximate surface area is 101 Å². The van der Waals surface area contributed by atoms with E-state index in [-0.39, 0.29) is 16.4 Å². The normalized spacial score (nSPS) is 10.2. The van der Waals surface area contributed by atoms with E-state index in [1.807, 2.05) is 0 Å². The van der Waals surface area contributed by atoms with Crippen molar-refractivity contribution in [3.8, 4) is 11.3 Å². The molecule has 0 spiro atoms. The first kappa shape index (κ1) is 11.5. The number of carboxylic acids is 1. The molecule has 2 aromatic rings. The van der Waals surface area contributed by atoms with Gasteiger partial charge in [0, 0.05) is 18.0 Å². The molecule has 0 aliphatic heterocycles. The Hall–Kier alpha value is -2.01. The van der Waals surface area contributed by atoms with Gasteiger partial charge < -0.3 is 5.11 Å². The third-order valence-electron chi connectivity index (χ3n) is 2.09. The highest BCUT2D eigenvalue weighted by atomic mass is 35.5. The molecule has 6 heteroatoms. The predicted molar refractivity (Wildman–Crippen MR) is 59.4 cm³/mol. The highest BCUT2D eigenvalue weighted by Gasteiger charge is 2.15. The van der Waals surface area contributed by atoms with Crippen LogP contribution in [0.3, 0.4) is 0 Å². The Morgan fingerprint density at radius 2 is 2.00 bits per heavy atom. The van der Waals surface area contributed by atoms with Gasteiger partial charge in [-0.2, -0.15) is 0 Å². The number of aromatic carboxylic acids is 1. The number of nitrogens with zero attached hydrogens (tertiary/aromatic N) is 2. The molecule has 0 fully saturated rings. The van der Waals surface area contributed by atoms with E-state index in [0.717, 1.165) is 6.07 Å². The van der Waals surface area contributed by atoms with Crippen molar-refractivity contribution in [3.63, 3.8) is 0 Å². The van der Waals surface area contributed by atoms with E-state index in [2.05, 4.69) is 9.97 Å². The average molecular weight is 253 g/mol. The third-order valence-corrected chi connectivity index (χ3v) is 2.38. The minimum absolute atomic E-state index is 0.0931. The Bertz CT molecular complexity index is 589. The van der Waals surface area contributed by atoms with E-state index >= 15 is 0 Å². The third kappa shape index (κ3) is 2.24. The van der Waals surface area contributed by atoms with Gasteiger partial charge in [0.25, 0.3) is 0 Å². The molecular weight excluding hydrogens is 247 g/mol. The van der Waals surface area contributed by atoms with Crippen LogP contribution in [-0.2, 0) is 0 Å². The van der Waals surface area contributed by atoms with Crippen molar-refractivity contribution in [1.82, 2.24) is 9.97 Å². The molecule has 1 N–H and O–H groups in total.